The third-order valence-corrected chi connectivity index (χ3v) is 5.59. The molecule has 3 rings (SSSR count). The van der Waals surface area contributed by atoms with Crippen molar-refractivity contribution in [3.63, 3.8) is 0 Å². The van der Waals surface area contributed by atoms with Crippen LogP contribution in [0.15, 0.2) is 83.3 Å². The minimum absolute atomic E-state index is 0.174. The molecule has 0 aliphatic carbocycles. The summed E-state index contributed by atoms with van der Waals surface area (Å²) in [6, 6.07) is 23.6. The molecule has 0 aliphatic rings. The van der Waals surface area contributed by atoms with Crippen molar-refractivity contribution in [2.45, 2.75) is 25.3 Å². The highest BCUT2D eigenvalue weighted by molar-refractivity contribution is 9.10. The number of halogens is 1. The molecule has 3 aromatic carbocycles. The number of methoxy groups -OCH3 is 1. The lowest BCUT2D eigenvalue weighted by Gasteiger charge is -2.25. The first-order valence-electron chi connectivity index (χ1n) is 10.00. The van der Waals surface area contributed by atoms with Crippen LogP contribution in [0.25, 0.3) is 0 Å². The number of anilines is 1. The van der Waals surface area contributed by atoms with E-state index in [1.807, 2.05) is 85.8 Å². The third kappa shape index (κ3) is 6.43. The van der Waals surface area contributed by atoms with Crippen LogP contribution in [0.5, 0.6) is 5.75 Å². The average molecular weight is 481 g/mol. The fraction of sp³-hybridized carbons (Fsp3) is 0.200. The lowest BCUT2D eigenvalue weighted by atomic mass is 9.92. The van der Waals surface area contributed by atoms with E-state index in [4.69, 9.17) is 4.74 Å². The van der Waals surface area contributed by atoms with E-state index >= 15 is 0 Å². The fourth-order valence-electron chi connectivity index (χ4n) is 3.27. The smallest absolute Gasteiger partial charge is 0.247 e. The lowest BCUT2D eigenvalue weighted by molar-refractivity contribution is -0.126. The van der Waals surface area contributed by atoms with Crippen LogP contribution >= 0.6 is 15.9 Å². The largest absolute Gasteiger partial charge is 0.497 e. The standard InChI is InChI=1S/C25H25BrN2O3/c1-17(19-6-4-3-5-7-19)24(25(30)27-21-12-10-20(26)11-13-21)28-23(29)16-18-8-14-22(31-2)15-9-18/h3-15,17,24H,16H2,1-2H3,(H,27,30)(H,28,29)/t17-,24-/m0/s1. The molecule has 0 heterocycles. The van der Waals surface area contributed by atoms with Crippen LogP contribution in [0.3, 0.4) is 0 Å². The Morgan fingerprint density at radius 2 is 1.58 bits per heavy atom. The predicted molar refractivity (Wildman–Crippen MR) is 126 cm³/mol. The van der Waals surface area contributed by atoms with Crippen molar-refractivity contribution in [1.29, 1.82) is 0 Å². The molecule has 0 fully saturated rings. The SMILES string of the molecule is COc1ccc(CC(=O)N[C@H](C(=O)Nc2ccc(Br)cc2)[C@@H](C)c2ccccc2)cc1. The summed E-state index contributed by atoms with van der Waals surface area (Å²) in [5, 5.41) is 5.85. The molecule has 0 aromatic heterocycles. The molecular formula is C25H25BrN2O3. The molecule has 160 valence electrons. The van der Waals surface area contributed by atoms with Gasteiger partial charge in [-0.25, -0.2) is 0 Å². The van der Waals surface area contributed by atoms with Crippen molar-refractivity contribution >= 4 is 33.4 Å². The average Bonchev–Trinajstić information content (AvgIpc) is 2.79. The zero-order valence-electron chi connectivity index (χ0n) is 17.5. The highest BCUT2D eigenvalue weighted by Crippen LogP contribution is 2.22. The number of rotatable bonds is 8. The van der Waals surface area contributed by atoms with Gasteiger partial charge in [-0.1, -0.05) is 65.3 Å². The van der Waals surface area contributed by atoms with Crippen molar-refractivity contribution in [3.8, 4) is 5.75 Å². The maximum Gasteiger partial charge on any atom is 0.247 e. The summed E-state index contributed by atoms with van der Waals surface area (Å²) in [6.07, 6.45) is 0.174. The van der Waals surface area contributed by atoms with Gasteiger partial charge in [0.1, 0.15) is 11.8 Å². The predicted octanol–water partition coefficient (Wildman–Crippen LogP) is 4.93. The molecule has 2 atom stereocenters. The summed E-state index contributed by atoms with van der Waals surface area (Å²) < 4.78 is 6.08. The molecule has 2 N–H and O–H groups in total. The van der Waals surface area contributed by atoms with E-state index in [1.54, 1.807) is 7.11 Å². The number of ether oxygens (including phenoxy) is 1. The van der Waals surface area contributed by atoms with E-state index in [-0.39, 0.29) is 24.2 Å². The van der Waals surface area contributed by atoms with E-state index < -0.39 is 6.04 Å². The van der Waals surface area contributed by atoms with Crippen LogP contribution in [-0.4, -0.2) is 25.0 Å². The molecule has 3 aromatic rings. The number of hydrogen-bond donors (Lipinski definition) is 2. The second kappa shape index (κ2) is 10.8. The first-order chi connectivity index (χ1) is 15.0. The first kappa shape index (κ1) is 22.6. The minimum Gasteiger partial charge on any atom is -0.497 e. The van der Waals surface area contributed by atoms with Gasteiger partial charge in [-0.05, 0) is 47.5 Å². The summed E-state index contributed by atoms with van der Waals surface area (Å²) in [4.78, 5) is 25.9. The highest BCUT2D eigenvalue weighted by Gasteiger charge is 2.28. The van der Waals surface area contributed by atoms with Crippen molar-refractivity contribution < 1.29 is 14.3 Å². The molecule has 0 unspecified atom stereocenters. The van der Waals surface area contributed by atoms with Crippen LogP contribution in [0.2, 0.25) is 0 Å². The summed E-state index contributed by atoms with van der Waals surface area (Å²) in [5.41, 5.74) is 2.49. The van der Waals surface area contributed by atoms with Gasteiger partial charge in [0.05, 0.1) is 13.5 Å². The summed E-state index contributed by atoms with van der Waals surface area (Å²) in [5.74, 6) is 0.0377. The Balaban J connectivity index is 1.76. The van der Waals surface area contributed by atoms with E-state index in [9.17, 15) is 9.59 Å². The van der Waals surface area contributed by atoms with Crippen LogP contribution in [-0.2, 0) is 16.0 Å². The van der Waals surface area contributed by atoms with E-state index in [1.165, 1.54) is 0 Å². The number of benzene rings is 3. The molecule has 0 saturated carbocycles. The first-order valence-corrected chi connectivity index (χ1v) is 10.8. The number of carbonyl (C=O) groups excluding carboxylic acids is 2. The fourth-order valence-corrected chi connectivity index (χ4v) is 3.54. The Kier molecular flexibility index (Phi) is 7.84. The molecule has 0 aliphatic heterocycles. The van der Waals surface area contributed by atoms with Crippen LogP contribution in [0.4, 0.5) is 5.69 Å². The van der Waals surface area contributed by atoms with Gasteiger partial charge in [0.2, 0.25) is 11.8 Å². The maximum absolute atomic E-state index is 13.1. The van der Waals surface area contributed by atoms with Crippen LogP contribution in [0, 0.1) is 0 Å². The Morgan fingerprint density at radius 3 is 2.19 bits per heavy atom. The normalized spacial score (nSPS) is 12.5. The molecule has 6 heteroatoms. The van der Waals surface area contributed by atoms with Gasteiger partial charge in [-0.2, -0.15) is 0 Å². The van der Waals surface area contributed by atoms with E-state index in [0.717, 1.165) is 21.3 Å². The van der Waals surface area contributed by atoms with Gasteiger partial charge in [-0.3, -0.25) is 9.59 Å². The second-order valence-electron chi connectivity index (χ2n) is 7.27. The molecule has 0 saturated heterocycles. The van der Waals surface area contributed by atoms with Gasteiger partial charge in [0.15, 0.2) is 0 Å². The molecule has 0 spiro atoms. The van der Waals surface area contributed by atoms with Crippen molar-refractivity contribution in [2.75, 3.05) is 12.4 Å². The molecule has 2 amide bonds. The number of carbonyl (C=O) groups is 2. The summed E-state index contributed by atoms with van der Waals surface area (Å²) >= 11 is 3.39. The van der Waals surface area contributed by atoms with Crippen molar-refractivity contribution in [1.82, 2.24) is 5.32 Å². The van der Waals surface area contributed by atoms with Gasteiger partial charge < -0.3 is 15.4 Å². The Morgan fingerprint density at radius 1 is 0.935 bits per heavy atom. The highest BCUT2D eigenvalue weighted by atomic mass is 79.9. The van der Waals surface area contributed by atoms with Gasteiger partial charge in [0, 0.05) is 16.1 Å². The zero-order valence-corrected chi connectivity index (χ0v) is 19.1. The number of nitrogens with one attached hydrogen (secondary N) is 2. The quantitative estimate of drug-likeness (QED) is 0.480. The van der Waals surface area contributed by atoms with Gasteiger partial charge in [-0.15, -0.1) is 0 Å². The summed E-state index contributed by atoms with van der Waals surface area (Å²) in [7, 11) is 1.60. The molecule has 0 bridgehead atoms. The third-order valence-electron chi connectivity index (χ3n) is 5.06. The zero-order chi connectivity index (χ0) is 22.2. The second-order valence-corrected chi connectivity index (χ2v) is 8.18. The van der Waals surface area contributed by atoms with Crippen LogP contribution in [0.1, 0.15) is 24.0 Å². The van der Waals surface area contributed by atoms with Crippen LogP contribution < -0.4 is 15.4 Å². The number of hydrogen-bond acceptors (Lipinski definition) is 3. The molecule has 5 nitrogen and oxygen atoms in total. The van der Waals surface area contributed by atoms with Crippen molar-refractivity contribution in [2.24, 2.45) is 0 Å². The molecule has 31 heavy (non-hydrogen) atoms. The molecular weight excluding hydrogens is 456 g/mol. The minimum atomic E-state index is -0.725. The van der Waals surface area contributed by atoms with Crippen molar-refractivity contribution in [3.05, 3.63) is 94.5 Å². The number of amides is 2. The maximum atomic E-state index is 13.1. The van der Waals surface area contributed by atoms with Gasteiger partial charge >= 0.3 is 0 Å². The topological polar surface area (TPSA) is 67.4 Å². The van der Waals surface area contributed by atoms with E-state index in [2.05, 4.69) is 26.6 Å². The van der Waals surface area contributed by atoms with E-state index in [0.29, 0.717) is 5.69 Å². The Labute approximate surface area is 191 Å². The molecule has 0 radical (unpaired) electrons. The Hall–Kier alpha value is -3.12. The lowest BCUT2D eigenvalue weighted by Crippen LogP contribution is -2.47. The Bertz CT molecular complexity index is 1010. The monoisotopic (exact) mass is 480 g/mol. The summed E-state index contributed by atoms with van der Waals surface area (Å²) in [6.45, 7) is 1.94. The van der Waals surface area contributed by atoms with Gasteiger partial charge in [0.25, 0.3) is 0 Å².